The van der Waals surface area contributed by atoms with Gasteiger partial charge >= 0.3 is 0 Å². The smallest absolute Gasteiger partial charge is 0.164 e. The number of nitrogens with zero attached hydrogens (tertiary/aromatic N) is 4. The van der Waals surface area contributed by atoms with Crippen molar-refractivity contribution in [2.24, 2.45) is 0 Å². The van der Waals surface area contributed by atoms with E-state index in [-0.39, 0.29) is 0 Å². The van der Waals surface area contributed by atoms with Gasteiger partial charge < -0.3 is 13.4 Å². The predicted molar refractivity (Wildman–Crippen MR) is 307 cm³/mol. The molecule has 0 unspecified atom stereocenters. The van der Waals surface area contributed by atoms with Crippen LogP contribution in [0.25, 0.3) is 150 Å². The van der Waals surface area contributed by atoms with Crippen LogP contribution in [0.15, 0.2) is 264 Å². The normalized spacial score (nSPS) is 11.7. The van der Waals surface area contributed by atoms with Crippen LogP contribution in [0.1, 0.15) is 0 Å². The summed E-state index contributed by atoms with van der Waals surface area (Å²) in [5, 5.41) is 6.70. The minimum atomic E-state index is 0.609. The molecule has 0 N–H and O–H groups in total. The zero-order valence-electron chi connectivity index (χ0n) is 40.4. The molecule has 0 atom stereocenters. The van der Waals surface area contributed by atoms with Crippen molar-refractivity contribution >= 4 is 65.7 Å². The molecule has 0 spiro atoms. The lowest BCUT2D eigenvalue weighted by Gasteiger charge is -2.10. The summed E-state index contributed by atoms with van der Waals surface area (Å²) in [6.07, 6.45) is 0. The second-order valence-corrected chi connectivity index (χ2v) is 19.1. The second-order valence-electron chi connectivity index (χ2n) is 19.1. The van der Waals surface area contributed by atoms with E-state index in [2.05, 4.69) is 199 Å². The van der Waals surface area contributed by atoms with Gasteiger partial charge in [0.2, 0.25) is 0 Å². The summed E-state index contributed by atoms with van der Waals surface area (Å²) in [6.45, 7) is 0. The molecule has 0 saturated heterocycles. The third-order valence-corrected chi connectivity index (χ3v) is 14.7. The molecule has 4 aromatic heterocycles. The fraction of sp³-hybridized carbons (Fsp3) is 0. The Kier molecular flexibility index (Phi) is 9.78. The summed E-state index contributed by atoms with van der Waals surface area (Å²) >= 11 is 0. The SMILES string of the molecule is c1ccc(-c2ccc3c(c2)c2ccccc2n3-c2ccc3oc4ccc(-c5cccc(-c6cccc7c6oc6cccc(-c8cccc(-c9nc(-c%10ccccc%10)nc(-c%10ccccc%10)n9)c8)c67)c5)cc4c3c2)cc1. The number of rotatable bonds is 8. The molecule has 11 aromatic carbocycles. The van der Waals surface area contributed by atoms with Crippen LogP contribution in [-0.2, 0) is 0 Å². The third kappa shape index (κ3) is 7.22. The Morgan fingerprint density at radius 2 is 0.760 bits per heavy atom. The van der Waals surface area contributed by atoms with Gasteiger partial charge in [0.05, 0.1) is 11.0 Å². The third-order valence-electron chi connectivity index (χ3n) is 14.7. The van der Waals surface area contributed by atoms with E-state index in [4.69, 9.17) is 23.8 Å². The van der Waals surface area contributed by atoms with Gasteiger partial charge in [-0.05, 0) is 106 Å². The summed E-state index contributed by atoms with van der Waals surface area (Å²) in [4.78, 5) is 15.0. The molecule has 0 saturated carbocycles. The molecule has 15 aromatic rings. The van der Waals surface area contributed by atoms with Crippen LogP contribution in [-0.4, -0.2) is 19.5 Å². The first-order valence-electron chi connectivity index (χ1n) is 25.2. The molecule has 15 rings (SSSR count). The lowest BCUT2D eigenvalue weighted by Crippen LogP contribution is -2.00. The molecule has 6 heteroatoms. The van der Waals surface area contributed by atoms with Crippen molar-refractivity contribution in [1.82, 2.24) is 19.5 Å². The monoisotopic (exact) mass is 958 g/mol. The lowest BCUT2D eigenvalue weighted by molar-refractivity contribution is 0.669. The van der Waals surface area contributed by atoms with E-state index in [0.717, 1.165) is 105 Å². The quantitative estimate of drug-likeness (QED) is 0.152. The molecule has 0 amide bonds. The van der Waals surface area contributed by atoms with Crippen LogP contribution in [0.5, 0.6) is 0 Å². The van der Waals surface area contributed by atoms with Crippen LogP contribution >= 0.6 is 0 Å². The van der Waals surface area contributed by atoms with Crippen LogP contribution in [0.4, 0.5) is 0 Å². The summed E-state index contributed by atoms with van der Waals surface area (Å²) in [5.74, 6) is 1.87. The number of hydrogen-bond donors (Lipinski definition) is 0. The average molecular weight is 959 g/mol. The summed E-state index contributed by atoms with van der Waals surface area (Å²) in [7, 11) is 0. The number of furan rings is 2. The molecule has 0 aliphatic heterocycles. The molecule has 0 fully saturated rings. The summed E-state index contributed by atoms with van der Waals surface area (Å²) in [6, 6.07) is 89.3. The molecule has 0 aliphatic carbocycles. The molecule has 6 nitrogen and oxygen atoms in total. The van der Waals surface area contributed by atoms with E-state index in [1.807, 2.05) is 60.7 Å². The number of para-hydroxylation sites is 2. The zero-order valence-corrected chi connectivity index (χ0v) is 40.4. The van der Waals surface area contributed by atoms with Gasteiger partial charge in [0.15, 0.2) is 17.5 Å². The minimum Gasteiger partial charge on any atom is -0.456 e. The van der Waals surface area contributed by atoms with Crippen molar-refractivity contribution in [3.8, 4) is 84.4 Å². The summed E-state index contributed by atoms with van der Waals surface area (Å²) < 4.78 is 15.7. The van der Waals surface area contributed by atoms with Gasteiger partial charge in [-0.2, -0.15) is 0 Å². The van der Waals surface area contributed by atoms with Gasteiger partial charge in [-0.25, -0.2) is 15.0 Å². The van der Waals surface area contributed by atoms with Crippen molar-refractivity contribution in [1.29, 1.82) is 0 Å². The number of fused-ring (bicyclic) bond motifs is 9. The van der Waals surface area contributed by atoms with Gasteiger partial charge in [0, 0.05) is 60.3 Å². The van der Waals surface area contributed by atoms with Crippen LogP contribution < -0.4 is 0 Å². The van der Waals surface area contributed by atoms with E-state index in [1.165, 1.54) is 27.4 Å². The van der Waals surface area contributed by atoms with E-state index < -0.39 is 0 Å². The highest BCUT2D eigenvalue weighted by Crippen LogP contribution is 2.43. The maximum atomic E-state index is 6.86. The first kappa shape index (κ1) is 42.5. The van der Waals surface area contributed by atoms with Crippen LogP contribution in [0.3, 0.4) is 0 Å². The molecule has 0 radical (unpaired) electrons. The Labute approximate surface area is 431 Å². The first-order valence-corrected chi connectivity index (χ1v) is 25.2. The predicted octanol–water partition coefficient (Wildman–Crippen LogP) is 18.4. The highest BCUT2D eigenvalue weighted by Gasteiger charge is 2.20. The van der Waals surface area contributed by atoms with Crippen molar-refractivity contribution in [3.05, 3.63) is 255 Å². The van der Waals surface area contributed by atoms with Gasteiger partial charge in [-0.15, -0.1) is 0 Å². The topological polar surface area (TPSA) is 69.9 Å². The van der Waals surface area contributed by atoms with E-state index in [0.29, 0.717) is 17.5 Å². The maximum absolute atomic E-state index is 6.86. The molecule has 0 bridgehead atoms. The fourth-order valence-electron chi connectivity index (χ4n) is 11.1. The van der Waals surface area contributed by atoms with E-state index in [1.54, 1.807) is 0 Å². The van der Waals surface area contributed by atoms with Gasteiger partial charge in [0.25, 0.3) is 0 Å². The largest absolute Gasteiger partial charge is 0.456 e. The van der Waals surface area contributed by atoms with Gasteiger partial charge in [-0.1, -0.05) is 188 Å². The Morgan fingerprint density at radius 1 is 0.267 bits per heavy atom. The zero-order chi connectivity index (χ0) is 49.4. The Morgan fingerprint density at radius 3 is 1.52 bits per heavy atom. The Hall–Kier alpha value is -10.2. The number of aromatic nitrogens is 4. The van der Waals surface area contributed by atoms with Gasteiger partial charge in [0.1, 0.15) is 22.3 Å². The molecule has 4 heterocycles. The highest BCUT2D eigenvalue weighted by molar-refractivity contribution is 6.16. The van der Waals surface area contributed by atoms with Crippen molar-refractivity contribution < 1.29 is 8.83 Å². The Bertz CT molecular complexity index is 4650. The van der Waals surface area contributed by atoms with Crippen molar-refractivity contribution in [3.63, 3.8) is 0 Å². The summed E-state index contributed by atoms with van der Waals surface area (Å²) in [5.41, 5.74) is 18.4. The standard InChI is InChI=1S/C69H42N4O2/c1-4-16-43(17-5-1)47-32-35-61-57(40-47)55-26-10-11-30-60(55)73(61)52-34-37-63-59(42-52)58-41-48(33-36-62(58)74-63)46-22-12-24-50(38-46)54-28-14-29-56-65-53(27-15-31-64(65)75-66(54)56)49-23-13-25-51(39-49)69-71-67(44-18-6-2-7-19-44)70-68(72-69)45-20-8-3-9-21-45/h1-42H. The maximum Gasteiger partial charge on any atom is 0.164 e. The highest BCUT2D eigenvalue weighted by atomic mass is 16.3. The Balaban J connectivity index is 0.796. The van der Waals surface area contributed by atoms with Crippen LogP contribution in [0.2, 0.25) is 0 Å². The average Bonchev–Trinajstić information content (AvgIpc) is 4.17. The molecular weight excluding hydrogens is 917 g/mol. The first-order chi connectivity index (χ1) is 37.1. The molecular formula is C69H42N4O2. The van der Waals surface area contributed by atoms with Crippen molar-refractivity contribution in [2.75, 3.05) is 0 Å². The molecule has 350 valence electrons. The van der Waals surface area contributed by atoms with Crippen molar-refractivity contribution in [2.45, 2.75) is 0 Å². The lowest BCUT2D eigenvalue weighted by atomic mass is 9.95. The van der Waals surface area contributed by atoms with Crippen LogP contribution in [0, 0.1) is 0 Å². The molecule has 75 heavy (non-hydrogen) atoms. The van der Waals surface area contributed by atoms with Gasteiger partial charge in [-0.3, -0.25) is 0 Å². The number of benzene rings is 11. The fourth-order valence-corrected chi connectivity index (χ4v) is 11.1. The number of hydrogen-bond acceptors (Lipinski definition) is 5. The minimum absolute atomic E-state index is 0.609. The second kappa shape index (κ2) is 17.3. The molecule has 0 aliphatic rings. The van der Waals surface area contributed by atoms with E-state index in [9.17, 15) is 0 Å². The van der Waals surface area contributed by atoms with E-state index >= 15 is 0 Å².